The second-order valence-electron chi connectivity index (χ2n) is 9.29. The number of nitrogens with zero attached hydrogens (tertiary/aromatic N) is 2. The standard InChI is InChI=1S/C28H29N3O3S2/c1-15-10-11-20(12-16(15)2)29-28-30-25(32)23(36-28)14-19-13-17(3)31(18(19)4)26-24(27(33)34-5)21-8-6-7-9-22(21)35-26/h10-14H,6-9H2,1-5H3,(H,29,30,32)/b23-14-. The SMILES string of the molecule is COC(=O)c1c(-n2c(C)cc(/C=C3\SC(=Nc4ccc(C)c(C)c4)NC3=O)c2C)sc2c1CCCC2. The lowest BCUT2D eigenvalue weighted by molar-refractivity contribution is -0.115. The Kier molecular flexibility index (Phi) is 6.66. The van der Waals surface area contributed by atoms with Gasteiger partial charge in [0.2, 0.25) is 0 Å². The zero-order chi connectivity index (χ0) is 25.6. The van der Waals surface area contributed by atoms with E-state index in [0.29, 0.717) is 15.6 Å². The van der Waals surface area contributed by atoms with Crippen LogP contribution in [0.15, 0.2) is 34.2 Å². The number of aliphatic imine (C=N–C) groups is 1. The Balaban J connectivity index is 1.50. The normalized spacial score (nSPS) is 17.5. The molecule has 0 bridgehead atoms. The van der Waals surface area contributed by atoms with Crippen LogP contribution in [0, 0.1) is 27.7 Å². The molecule has 186 valence electrons. The molecule has 1 N–H and O–H groups in total. The molecule has 0 saturated carbocycles. The smallest absolute Gasteiger partial charge is 0.341 e. The highest BCUT2D eigenvalue weighted by molar-refractivity contribution is 8.18. The minimum absolute atomic E-state index is 0.158. The second kappa shape index (κ2) is 9.75. The average molecular weight is 520 g/mol. The molecule has 3 aromatic rings. The van der Waals surface area contributed by atoms with Crippen LogP contribution in [-0.4, -0.2) is 28.7 Å². The van der Waals surface area contributed by atoms with Gasteiger partial charge in [0.1, 0.15) is 5.00 Å². The van der Waals surface area contributed by atoms with Crippen LogP contribution in [0.25, 0.3) is 11.1 Å². The highest BCUT2D eigenvalue weighted by Crippen LogP contribution is 2.39. The van der Waals surface area contributed by atoms with Crippen LogP contribution >= 0.6 is 23.1 Å². The summed E-state index contributed by atoms with van der Waals surface area (Å²) >= 11 is 3.03. The molecule has 36 heavy (non-hydrogen) atoms. The van der Waals surface area contributed by atoms with Gasteiger partial charge in [0.15, 0.2) is 5.17 Å². The largest absolute Gasteiger partial charge is 0.465 e. The van der Waals surface area contributed by atoms with E-state index in [1.165, 1.54) is 29.3 Å². The molecule has 0 unspecified atom stereocenters. The van der Waals surface area contributed by atoms with E-state index in [0.717, 1.165) is 64.4 Å². The maximum absolute atomic E-state index is 12.8. The molecule has 1 aromatic carbocycles. The number of methoxy groups -OCH3 is 1. The van der Waals surface area contributed by atoms with Crippen molar-refractivity contribution in [3.8, 4) is 5.00 Å². The second-order valence-corrected chi connectivity index (χ2v) is 11.4. The van der Waals surface area contributed by atoms with Crippen molar-refractivity contribution in [1.82, 2.24) is 9.88 Å². The van der Waals surface area contributed by atoms with Crippen LogP contribution in [0.4, 0.5) is 5.69 Å². The van der Waals surface area contributed by atoms with Gasteiger partial charge in [0.25, 0.3) is 5.91 Å². The summed E-state index contributed by atoms with van der Waals surface area (Å²) in [5.41, 5.74) is 7.95. The number of ether oxygens (including phenoxy) is 1. The van der Waals surface area contributed by atoms with E-state index in [1.54, 1.807) is 11.3 Å². The van der Waals surface area contributed by atoms with Gasteiger partial charge in [-0.25, -0.2) is 9.79 Å². The summed E-state index contributed by atoms with van der Waals surface area (Å²) < 4.78 is 7.31. The molecule has 1 aliphatic heterocycles. The summed E-state index contributed by atoms with van der Waals surface area (Å²) in [5.74, 6) is -0.441. The Morgan fingerprint density at radius 3 is 2.64 bits per heavy atom. The fourth-order valence-corrected chi connectivity index (χ4v) is 7.12. The molecule has 1 aliphatic carbocycles. The first-order chi connectivity index (χ1) is 17.3. The van der Waals surface area contributed by atoms with Gasteiger partial charge in [-0.1, -0.05) is 6.07 Å². The topological polar surface area (TPSA) is 72.7 Å². The van der Waals surface area contributed by atoms with Gasteiger partial charge in [-0.15, -0.1) is 11.3 Å². The van der Waals surface area contributed by atoms with E-state index < -0.39 is 0 Å². The lowest BCUT2D eigenvalue weighted by atomic mass is 9.95. The summed E-state index contributed by atoms with van der Waals surface area (Å²) in [6.45, 7) is 8.18. The molecule has 1 amide bonds. The Morgan fingerprint density at radius 2 is 1.89 bits per heavy atom. The van der Waals surface area contributed by atoms with Gasteiger partial charge in [0.05, 0.1) is 23.3 Å². The fraction of sp³-hybridized carbons (Fsp3) is 0.321. The summed E-state index contributed by atoms with van der Waals surface area (Å²) in [6, 6.07) is 8.07. The first kappa shape index (κ1) is 24.6. The van der Waals surface area contributed by atoms with Gasteiger partial charge in [0, 0.05) is 16.3 Å². The number of esters is 1. The number of aryl methyl sites for hydroxylation is 4. The van der Waals surface area contributed by atoms with Crippen molar-refractivity contribution >= 4 is 51.9 Å². The van der Waals surface area contributed by atoms with E-state index >= 15 is 0 Å². The third-order valence-corrected chi connectivity index (χ3v) is 9.06. The number of fused-ring (bicyclic) bond motifs is 1. The monoisotopic (exact) mass is 519 g/mol. The number of nitrogens with one attached hydrogen (secondary N) is 1. The molecule has 0 spiro atoms. The van der Waals surface area contributed by atoms with Crippen molar-refractivity contribution in [2.75, 3.05) is 7.11 Å². The predicted molar refractivity (Wildman–Crippen MR) is 148 cm³/mol. The van der Waals surface area contributed by atoms with Crippen LogP contribution in [0.1, 0.15) is 61.7 Å². The number of amidine groups is 1. The summed E-state index contributed by atoms with van der Waals surface area (Å²) in [7, 11) is 1.44. The van der Waals surface area contributed by atoms with E-state index in [4.69, 9.17) is 4.74 Å². The molecule has 8 heteroatoms. The maximum Gasteiger partial charge on any atom is 0.341 e. The molecule has 2 aromatic heterocycles. The van der Waals surface area contributed by atoms with E-state index in [-0.39, 0.29) is 11.9 Å². The first-order valence-corrected chi connectivity index (χ1v) is 13.7. The summed E-state index contributed by atoms with van der Waals surface area (Å²) in [6.07, 6.45) is 6.05. The van der Waals surface area contributed by atoms with Gasteiger partial charge >= 0.3 is 5.97 Å². The average Bonchev–Trinajstić information content (AvgIpc) is 3.48. The third-order valence-electron chi connectivity index (χ3n) is 6.87. The molecule has 3 heterocycles. The number of carbonyl (C=O) groups is 2. The lowest BCUT2D eigenvalue weighted by Gasteiger charge is -2.12. The minimum atomic E-state index is -0.283. The molecule has 2 aliphatic rings. The molecule has 0 radical (unpaired) electrons. The van der Waals surface area contributed by atoms with Crippen LogP contribution in [0.5, 0.6) is 0 Å². The molecule has 0 atom stereocenters. The fourth-order valence-electron chi connectivity index (χ4n) is 4.80. The van der Waals surface area contributed by atoms with Crippen molar-refractivity contribution in [2.45, 2.75) is 53.4 Å². The Hall–Kier alpha value is -3.10. The number of hydrogen-bond donors (Lipinski definition) is 1. The first-order valence-electron chi connectivity index (χ1n) is 12.1. The van der Waals surface area contributed by atoms with Crippen LogP contribution in [0.2, 0.25) is 0 Å². The number of thiophene rings is 1. The minimum Gasteiger partial charge on any atom is -0.465 e. The van der Waals surface area contributed by atoms with E-state index in [2.05, 4.69) is 34.8 Å². The molecule has 1 saturated heterocycles. The van der Waals surface area contributed by atoms with Crippen LogP contribution in [-0.2, 0) is 22.4 Å². The van der Waals surface area contributed by atoms with Crippen LogP contribution in [0.3, 0.4) is 0 Å². The Bertz CT molecular complexity index is 1460. The van der Waals surface area contributed by atoms with E-state index in [1.807, 2.05) is 38.1 Å². The van der Waals surface area contributed by atoms with Crippen LogP contribution < -0.4 is 5.32 Å². The van der Waals surface area contributed by atoms with Gasteiger partial charge in [-0.2, -0.15) is 0 Å². The van der Waals surface area contributed by atoms with Gasteiger partial charge < -0.3 is 14.6 Å². The molecule has 1 fully saturated rings. The van der Waals surface area contributed by atoms with Crippen molar-refractivity contribution in [2.24, 2.45) is 4.99 Å². The number of amides is 1. The number of thioether (sulfide) groups is 1. The zero-order valence-corrected chi connectivity index (χ0v) is 22.8. The number of rotatable bonds is 4. The highest BCUT2D eigenvalue weighted by atomic mass is 32.2. The highest BCUT2D eigenvalue weighted by Gasteiger charge is 2.29. The molecular weight excluding hydrogens is 490 g/mol. The third kappa shape index (κ3) is 4.44. The van der Waals surface area contributed by atoms with Gasteiger partial charge in [-0.05, 0) is 112 Å². The number of hydrogen-bond acceptors (Lipinski definition) is 6. The zero-order valence-electron chi connectivity index (χ0n) is 21.2. The summed E-state index contributed by atoms with van der Waals surface area (Å²) in [5, 5.41) is 4.37. The van der Waals surface area contributed by atoms with Crippen molar-refractivity contribution in [1.29, 1.82) is 0 Å². The number of benzene rings is 1. The number of aromatic nitrogens is 1. The Labute approximate surface area is 219 Å². The maximum atomic E-state index is 12.8. The molecule has 5 rings (SSSR count). The predicted octanol–water partition coefficient (Wildman–Crippen LogP) is 6.33. The van der Waals surface area contributed by atoms with Gasteiger partial charge in [-0.3, -0.25) is 4.79 Å². The molecular formula is C28H29N3O3S2. The van der Waals surface area contributed by atoms with Crippen molar-refractivity contribution in [3.63, 3.8) is 0 Å². The lowest BCUT2D eigenvalue weighted by Crippen LogP contribution is -2.19. The quantitative estimate of drug-likeness (QED) is 0.323. The number of carbonyl (C=O) groups excluding carboxylic acids is 2. The van der Waals surface area contributed by atoms with E-state index in [9.17, 15) is 9.59 Å². The van der Waals surface area contributed by atoms with Crippen molar-refractivity contribution < 1.29 is 14.3 Å². The summed E-state index contributed by atoms with van der Waals surface area (Å²) in [4.78, 5) is 32.0. The molecule has 6 nitrogen and oxygen atoms in total. The Morgan fingerprint density at radius 1 is 1.11 bits per heavy atom. The van der Waals surface area contributed by atoms with Crippen molar-refractivity contribution in [3.05, 3.63) is 73.3 Å².